The number of piperidine rings is 1. The Balaban J connectivity index is 1.56. The first-order chi connectivity index (χ1) is 10.3. The van der Waals surface area contributed by atoms with E-state index in [1.807, 2.05) is 17.2 Å². The summed E-state index contributed by atoms with van der Waals surface area (Å²) in [6.45, 7) is 4.80. The van der Waals surface area contributed by atoms with Crippen molar-refractivity contribution in [3.63, 3.8) is 0 Å². The minimum Gasteiger partial charge on any atom is -0.366 e. The lowest BCUT2D eigenvalue weighted by Crippen LogP contribution is -2.51. The van der Waals surface area contributed by atoms with Crippen molar-refractivity contribution in [1.29, 1.82) is 0 Å². The predicted octanol–water partition coefficient (Wildman–Crippen LogP) is 1.29. The van der Waals surface area contributed by atoms with Crippen LogP contribution in [0.4, 0.5) is 0 Å². The van der Waals surface area contributed by atoms with Crippen LogP contribution in [0.25, 0.3) is 0 Å². The average molecular weight is 289 g/mol. The van der Waals surface area contributed by atoms with Gasteiger partial charge in [0.05, 0.1) is 6.61 Å². The second-order valence-electron chi connectivity index (χ2n) is 5.84. The Hall–Kier alpha value is -1.46. The molecule has 1 aromatic rings. The number of carbonyl (C=O) groups is 1. The SMILES string of the molecule is O=C(C1CN(Cc2cccnc2)CCO1)N1CCCCC1. The van der Waals surface area contributed by atoms with E-state index in [2.05, 4.69) is 16.0 Å². The number of amides is 1. The molecular formula is C16H23N3O2. The van der Waals surface area contributed by atoms with Gasteiger partial charge in [0.15, 0.2) is 0 Å². The summed E-state index contributed by atoms with van der Waals surface area (Å²) in [5, 5.41) is 0. The summed E-state index contributed by atoms with van der Waals surface area (Å²) in [4.78, 5) is 20.9. The number of nitrogens with zero attached hydrogens (tertiary/aromatic N) is 3. The minimum absolute atomic E-state index is 0.172. The van der Waals surface area contributed by atoms with E-state index in [4.69, 9.17) is 4.74 Å². The molecular weight excluding hydrogens is 266 g/mol. The van der Waals surface area contributed by atoms with Crippen LogP contribution in [0.2, 0.25) is 0 Å². The van der Waals surface area contributed by atoms with Gasteiger partial charge in [0, 0.05) is 45.1 Å². The molecule has 1 unspecified atom stereocenters. The van der Waals surface area contributed by atoms with E-state index in [1.54, 1.807) is 6.20 Å². The summed E-state index contributed by atoms with van der Waals surface area (Å²) in [6.07, 6.45) is 6.86. The third-order valence-corrected chi connectivity index (χ3v) is 4.22. The maximum absolute atomic E-state index is 12.5. The Labute approximate surface area is 125 Å². The van der Waals surface area contributed by atoms with Crippen LogP contribution in [-0.4, -0.2) is 59.6 Å². The van der Waals surface area contributed by atoms with Crippen LogP contribution in [0.1, 0.15) is 24.8 Å². The highest BCUT2D eigenvalue weighted by Crippen LogP contribution is 2.15. The number of ether oxygens (including phenoxy) is 1. The lowest BCUT2D eigenvalue weighted by atomic mass is 10.1. The molecule has 114 valence electrons. The molecule has 3 rings (SSSR count). The van der Waals surface area contributed by atoms with Gasteiger partial charge in [0.25, 0.3) is 5.91 Å². The van der Waals surface area contributed by atoms with Gasteiger partial charge in [-0.15, -0.1) is 0 Å². The Morgan fingerprint density at radius 1 is 1.29 bits per heavy atom. The summed E-state index contributed by atoms with van der Waals surface area (Å²) in [5.74, 6) is 0.172. The lowest BCUT2D eigenvalue weighted by Gasteiger charge is -2.36. The standard InChI is InChI=1S/C16H23N3O2/c20-16(19-7-2-1-3-8-19)15-13-18(9-10-21-15)12-14-5-4-6-17-11-14/h4-6,11,15H,1-3,7-10,12-13H2. The van der Waals surface area contributed by atoms with Crippen LogP contribution in [0.5, 0.6) is 0 Å². The maximum atomic E-state index is 12.5. The van der Waals surface area contributed by atoms with Gasteiger partial charge in [0.1, 0.15) is 6.10 Å². The molecule has 5 nitrogen and oxygen atoms in total. The Morgan fingerprint density at radius 2 is 2.14 bits per heavy atom. The highest BCUT2D eigenvalue weighted by molar-refractivity contribution is 5.81. The highest BCUT2D eigenvalue weighted by atomic mass is 16.5. The van der Waals surface area contributed by atoms with Crippen molar-refractivity contribution in [3.05, 3.63) is 30.1 Å². The quantitative estimate of drug-likeness (QED) is 0.841. The van der Waals surface area contributed by atoms with Crippen molar-refractivity contribution in [3.8, 4) is 0 Å². The van der Waals surface area contributed by atoms with Gasteiger partial charge >= 0.3 is 0 Å². The molecule has 2 saturated heterocycles. The Bertz CT molecular complexity index is 460. The molecule has 0 spiro atoms. The summed E-state index contributed by atoms with van der Waals surface area (Å²) < 4.78 is 5.71. The first-order valence-electron chi connectivity index (χ1n) is 7.84. The van der Waals surface area contributed by atoms with Gasteiger partial charge in [-0.25, -0.2) is 0 Å². The number of likely N-dealkylation sites (tertiary alicyclic amines) is 1. The van der Waals surface area contributed by atoms with Crippen LogP contribution in [0, 0.1) is 0 Å². The zero-order chi connectivity index (χ0) is 14.5. The van der Waals surface area contributed by atoms with Crippen LogP contribution in [-0.2, 0) is 16.1 Å². The van der Waals surface area contributed by atoms with Crippen molar-refractivity contribution < 1.29 is 9.53 Å². The normalized spacial score (nSPS) is 24.0. The van der Waals surface area contributed by atoms with Gasteiger partial charge in [-0.3, -0.25) is 14.7 Å². The number of pyridine rings is 1. The molecule has 1 aromatic heterocycles. The maximum Gasteiger partial charge on any atom is 0.253 e. The molecule has 2 aliphatic heterocycles. The van der Waals surface area contributed by atoms with E-state index in [0.717, 1.165) is 39.0 Å². The van der Waals surface area contributed by atoms with Gasteiger partial charge in [0.2, 0.25) is 0 Å². The number of rotatable bonds is 3. The first-order valence-corrected chi connectivity index (χ1v) is 7.84. The summed E-state index contributed by atoms with van der Waals surface area (Å²) >= 11 is 0. The van der Waals surface area contributed by atoms with Gasteiger partial charge in [-0.1, -0.05) is 6.07 Å². The second-order valence-corrected chi connectivity index (χ2v) is 5.84. The lowest BCUT2D eigenvalue weighted by molar-refractivity contribution is -0.150. The molecule has 0 N–H and O–H groups in total. The first kappa shape index (κ1) is 14.5. The van der Waals surface area contributed by atoms with Crippen molar-refractivity contribution in [2.45, 2.75) is 31.9 Å². The number of morpholine rings is 1. The predicted molar refractivity (Wildman–Crippen MR) is 79.7 cm³/mol. The molecule has 2 fully saturated rings. The fourth-order valence-electron chi connectivity index (χ4n) is 3.06. The average Bonchev–Trinajstić information content (AvgIpc) is 2.56. The van der Waals surface area contributed by atoms with Gasteiger partial charge < -0.3 is 9.64 Å². The fraction of sp³-hybridized carbons (Fsp3) is 0.625. The van der Waals surface area contributed by atoms with Gasteiger partial charge in [-0.05, 0) is 30.9 Å². The highest BCUT2D eigenvalue weighted by Gasteiger charge is 2.30. The van der Waals surface area contributed by atoms with Crippen LogP contribution >= 0.6 is 0 Å². The Morgan fingerprint density at radius 3 is 2.90 bits per heavy atom. The zero-order valence-electron chi connectivity index (χ0n) is 12.4. The van der Waals surface area contributed by atoms with Crippen LogP contribution < -0.4 is 0 Å². The van der Waals surface area contributed by atoms with Crippen LogP contribution in [0.3, 0.4) is 0 Å². The topological polar surface area (TPSA) is 45.7 Å². The molecule has 0 aliphatic carbocycles. The largest absolute Gasteiger partial charge is 0.366 e. The number of hydrogen-bond donors (Lipinski definition) is 0. The molecule has 1 amide bonds. The third kappa shape index (κ3) is 3.80. The molecule has 0 saturated carbocycles. The van der Waals surface area contributed by atoms with Crippen LogP contribution in [0.15, 0.2) is 24.5 Å². The van der Waals surface area contributed by atoms with E-state index in [-0.39, 0.29) is 12.0 Å². The molecule has 5 heteroatoms. The van der Waals surface area contributed by atoms with E-state index >= 15 is 0 Å². The molecule has 0 aromatic carbocycles. The fourth-order valence-corrected chi connectivity index (χ4v) is 3.06. The van der Waals surface area contributed by atoms with Gasteiger partial charge in [-0.2, -0.15) is 0 Å². The second kappa shape index (κ2) is 7.00. The zero-order valence-corrected chi connectivity index (χ0v) is 12.4. The third-order valence-electron chi connectivity index (χ3n) is 4.22. The van der Waals surface area contributed by atoms with E-state index in [0.29, 0.717) is 13.2 Å². The summed E-state index contributed by atoms with van der Waals surface area (Å²) in [5.41, 5.74) is 1.18. The van der Waals surface area contributed by atoms with E-state index in [1.165, 1.54) is 12.0 Å². The number of carbonyl (C=O) groups excluding carboxylic acids is 1. The van der Waals surface area contributed by atoms with E-state index < -0.39 is 0 Å². The summed E-state index contributed by atoms with van der Waals surface area (Å²) in [6, 6.07) is 4.02. The van der Waals surface area contributed by atoms with Crippen molar-refractivity contribution in [2.24, 2.45) is 0 Å². The molecule has 0 bridgehead atoms. The molecule has 3 heterocycles. The van der Waals surface area contributed by atoms with E-state index in [9.17, 15) is 4.79 Å². The monoisotopic (exact) mass is 289 g/mol. The summed E-state index contributed by atoms with van der Waals surface area (Å²) in [7, 11) is 0. The Kier molecular flexibility index (Phi) is 4.83. The molecule has 1 atom stereocenters. The van der Waals surface area contributed by atoms with Crippen molar-refractivity contribution in [1.82, 2.24) is 14.8 Å². The minimum atomic E-state index is -0.298. The smallest absolute Gasteiger partial charge is 0.253 e. The van der Waals surface area contributed by atoms with Crippen molar-refractivity contribution >= 4 is 5.91 Å². The number of hydrogen-bond acceptors (Lipinski definition) is 4. The van der Waals surface area contributed by atoms with Crippen molar-refractivity contribution in [2.75, 3.05) is 32.8 Å². The molecule has 2 aliphatic rings. The molecule has 0 radical (unpaired) electrons. The number of aromatic nitrogens is 1. The molecule has 21 heavy (non-hydrogen) atoms.